The molecule has 0 atom stereocenters. The van der Waals surface area contributed by atoms with Crippen LogP contribution in [0.5, 0.6) is 0 Å². The number of nitrogens with zero attached hydrogens (tertiary/aromatic N) is 4. The number of rotatable bonds is 5. The predicted molar refractivity (Wildman–Crippen MR) is 93.4 cm³/mol. The van der Waals surface area contributed by atoms with E-state index >= 15 is 0 Å². The first kappa shape index (κ1) is 17.8. The van der Waals surface area contributed by atoms with Crippen LogP contribution in [0.25, 0.3) is 11.0 Å². The Morgan fingerprint density at radius 2 is 2.04 bits per heavy atom. The number of fused-ring (bicyclic) bond motifs is 1. The van der Waals surface area contributed by atoms with Crippen LogP contribution in [0.2, 0.25) is 0 Å². The van der Waals surface area contributed by atoms with Crippen LogP contribution in [0.15, 0.2) is 23.1 Å². The molecule has 1 aliphatic rings. The largest absolute Gasteiger partial charge is 0.359 e. The number of hydrogen-bond donors (Lipinski definition) is 1. The van der Waals surface area contributed by atoms with Gasteiger partial charge in [-0.05, 0) is 37.5 Å². The molecule has 3 rings (SSSR count). The van der Waals surface area contributed by atoms with Crippen LogP contribution in [-0.4, -0.2) is 53.8 Å². The molecule has 1 aromatic heterocycles. The summed E-state index contributed by atoms with van der Waals surface area (Å²) in [7, 11) is -1.98. The first-order chi connectivity index (χ1) is 12.0. The SMILES string of the molecule is CCCn1nnc2cc(S(=O)(=O)N3CCC(C(=O)NC)CC3)ccc21. The van der Waals surface area contributed by atoms with Gasteiger partial charge in [-0.25, -0.2) is 13.1 Å². The third-order valence-corrected chi connectivity index (χ3v) is 6.52. The van der Waals surface area contributed by atoms with E-state index in [1.165, 1.54) is 4.31 Å². The lowest BCUT2D eigenvalue weighted by Gasteiger charge is -2.30. The molecule has 1 fully saturated rings. The first-order valence-electron chi connectivity index (χ1n) is 8.52. The van der Waals surface area contributed by atoms with E-state index in [0.717, 1.165) is 18.5 Å². The van der Waals surface area contributed by atoms with E-state index in [1.807, 2.05) is 0 Å². The van der Waals surface area contributed by atoms with Crippen LogP contribution in [0.3, 0.4) is 0 Å². The summed E-state index contributed by atoms with van der Waals surface area (Å²) in [5.74, 6) is -0.140. The van der Waals surface area contributed by atoms with Gasteiger partial charge in [0.25, 0.3) is 0 Å². The molecule has 0 bridgehead atoms. The number of aromatic nitrogens is 3. The molecular weight excluding hydrogens is 342 g/mol. The Bertz CT molecular complexity index is 869. The van der Waals surface area contributed by atoms with E-state index in [-0.39, 0.29) is 16.7 Å². The van der Waals surface area contributed by atoms with Gasteiger partial charge in [0.15, 0.2) is 0 Å². The van der Waals surface area contributed by atoms with E-state index in [1.54, 1.807) is 29.9 Å². The maximum Gasteiger partial charge on any atom is 0.243 e. The van der Waals surface area contributed by atoms with E-state index in [0.29, 0.717) is 31.4 Å². The van der Waals surface area contributed by atoms with Crippen LogP contribution in [0.4, 0.5) is 0 Å². The number of amides is 1. The Kier molecular flexibility index (Phi) is 5.05. The van der Waals surface area contributed by atoms with Crippen molar-refractivity contribution < 1.29 is 13.2 Å². The van der Waals surface area contributed by atoms with Gasteiger partial charge in [-0.2, -0.15) is 4.31 Å². The zero-order valence-corrected chi connectivity index (χ0v) is 15.3. The molecule has 9 heteroatoms. The Morgan fingerprint density at radius 1 is 1.32 bits per heavy atom. The van der Waals surface area contributed by atoms with Crippen LogP contribution in [-0.2, 0) is 21.4 Å². The standard InChI is InChI=1S/C16H23N5O3S/c1-3-8-21-15-5-4-13(11-14(15)18-19-21)25(23,24)20-9-6-12(7-10-20)16(22)17-2/h4-5,11-12H,3,6-10H2,1-2H3,(H,17,22). The molecule has 25 heavy (non-hydrogen) atoms. The van der Waals surface area contributed by atoms with Gasteiger partial charge in [0, 0.05) is 32.6 Å². The molecule has 1 aromatic carbocycles. The van der Waals surface area contributed by atoms with Crippen molar-refractivity contribution in [3.05, 3.63) is 18.2 Å². The van der Waals surface area contributed by atoms with Crippen LogP contribution in [0, 0.1) is 5.92 Å². The Labute approximate surface area is 147 Å². The van der Waals surface area contributed by atoms with Gasteiger partial charge in [-0.15, -0.1) is 5.10 Å². The highest BCUT2D eigenvalue weighted by Crippen LogP contribution is 2.25. The zero-order chi connectivity index (χ0) is 18.0. The van der Waals surface area contributed by atoms with Gasteiger partial charge in [-0.1, -0.05) is 12.1 Å². The normalized spacial score (nSPS) is 17.0. The Morgan fingerprint density at radius 3 is 2.68 bits per heavy atom. The van der Waals surface area contributed by atoms with Crippen molar-refractivity contribution in [1.82, 2.24) is 24.6 Å². The summed E-state index contributed by atoms with van der Waals surface area (Å²) in [6.07, 6.45) is 2.00. The van der Waals surface area contributed by atoms with E-state index < -0.39 is 10.0 Å². The molecule has 1 amide bonds. The van der Waals surface area contributed by atoms with Gasteiger partial charge in [0.2, 0.25) is 15.9 Å². The van der Waals surface area contributed by atoms with Gasteiger partial charge in [0.1, 0.15) is 5.52 Å². The first-order valence-corrected chi connectivity index (χ1v) is 9.96. The minimum atomic E-state index is -3.59. The number of sulfonamides is 1. The molecule has 0 aliphatic carbocycles. The maximum atomic E-state index is 12.9. The average Bonchev–Trinajstić information content (AvgIpc) is 3.04. The molecule has 1 saturated heterocycles. The molecule has 0 unspecified atom stereocenters. The minimum absolute atomic E-state index is 0.0222. The van der Waals surface area contributed by atoms with E-state index in [2.05, 4.69) is 22.6 Å². The highest BCUT2D eigenvalue weighted by molar-refractivity contribution is 7.89. The van der Waals surface area contributed by atoms with Crippen LogP contribution < -0.4 is 5.32 Å². The van der Waals surface area contributed by atoms with Crippen molar-refractivity contribution in [2.24, 2.45) is 5.92 Å². The third kappa shape index (κ3) is 3.38. The smallest absolute Gasteiger partial charge is 0.243 e. The lowest BCUT2D eigenvalue weighted by atomic mass is 9.97. The fourth-order valence-corrected chi connectivity index (χ4v) is 4.69. The third-order valence-electron chi connectivity index (χ3n) is 4.63. The van der Waals surface area contributed by atoms with Crippen molar-refractivity contribution in [3.63, 3.8) is 0 Å². The molecule has 0 radical (unpaired) electrons. The van der Waals surface area contributed by atoms with Crippen molar-refractivity contribution in [2.45, 2.75) is 37.6 Å². The van der Waals surface area contributed by atoms with Crippen molar-refractivity contribution in [1.29, 1.82) is 0 Å². The summed E-state index contributed by atoms with van der Waals surface area (Å²) < 4.78 is 29.0. The predicted octanol–water partition coefficient (Wildman–Crippen LogP) is 0.988. The summed E-state index contributed by atoms with van der Waals surface area (Å²) in [5, 5.41) is 10.8. The van der Waals surface area contributed by atoms with Crippen molar-refractivity contribution >= 4 is 27.0 Å². The summed E-state index contributed by atoms with van der Waals surface area (Å²) in [4.78, 5) is 11.9. The molecular formula is C16H23N5O3S. The van der Waals surface area contributed by atoms with E-state index in [9.17, 15) is 13.2 Å². The zero-order valence-electron chi connectivity index (χ0n) is 14.5. The number of carbonyl (C=O) groups excluding carboxylic acids is 1. The second-order valence-electron chi connectivity index (χ2n) is 6.26. The number of carbonyl (C=O) groups is 1. The monoisotopic (exact) mass is 365 g/mol. The summed E-state index contributed by atoms with van der Waals surface area (Å²) >= 11 is 0. The quantitative estimate of drug-likeness (QED) is 0.852. The second kappa shape index (κ2) is 7.09. The fourth-order valence-electron chi connectivity index (χ4n) is 3.20. The number of piperidine rings is 1. The van der Waals surface area contributed by atoms with Crippen LogP contribution >= 0.6 is 0 Å². The minimum Gasteiger partial charge on any atom is -0.359 e. The molecule has 136 valence electrons. The van der Waals surface area contributed by atoms with Gasteiger partial charge >= 0.3 is 0 Å². The Hall–Kier alpha value is -2.00. The molecule has 2 heterocycles. The molecule has 1 aliphatic heterocycles. The Balaban J connectivity index is 1.81. The fraction of sp³-hybridized carbons (Fsp3) is 0.562. The summed E-state index contributed by atoms with van der Waals surface area (Å²) in [5.41, 5.74) is 1.41. The van der Waals surface area contributed by atoms with Gasteiger partial charge in [-0.3, -0.25) is 4.79 Å². The van der Waals surface area contributed by atoms with Gasteiger partial charge < -0.3 is 5.32 Å². The molecule has 2 aromatic rings. The van der Waals surface area contributed by atoms with E-state index in [4.69, 9.17) is 0 Å². The molecule has 0 spiro atoms. The molecule has 8 nitrogen and oxygen atoms in total. The number of benzene rings is 1. The maximum absolute atomic E-state index is 12.9. The summed E-state index contributed by atoms with van der Waals surface area (Å²) in [6, 6.07) is 4.95. The molecule has 0 saturated carbocycles. The number of nitrogens with one attached hydrogen (secondary N) is 1. The molecule has 1 N–H and O–H groups in total. The second-order valence-corrected chi connectivity index (χ2v) is 8.19. The lowest BCUT2D eigenvalue weighted by Crippen LogP contribution is -2.42. The highest BCUT2D eigenvalue weighted by atomic mass is 32.2. The lowest BCUT2D eigenvalue weighted by molar-refractivity contribution is -0.125. The van der Waals surface area contributed by atoms with Gasteiger partial charge in [0.05, 0.1) is 10.4 Å². The van der Waals surface area contributed by atoms with Crippen LogP contribution in [0.1, 0.15) is 26.2 Å². The number of hydrogen-bond acceptors (Lipinski definition) is 5. The van der Waals surface area contributed by atoms with Crippen molar-refractivity contribution in [2.75, 3.05) is 20.1 Å². The average molecular weight is 365 g/mol. The van der Waals surface area contributed by atoms with Crippen molar-refractivity contribution in [3.8, 4) is 0 Å². The summed E-state index contributed by atoms with van der Waals surface area (Å²) in [6.45, 7) is 3.49. The topological polar surface area (TPSA) is 97.2 Å². The number of aryl methyl sites for hydroxylation is 1. The highest BCUT2D eigenvalue weighted by Gasteiger charge is 2.32.